The van der Waals surface area contributed by atoms with E-state index >= 15 is 0 Å². The number of likely N-dealkylation sites (N-methyl/N-ethyl adjacent to an activating group) is 1. The Hall–Kier alpha value is -2.41. The van der Waals surface area contributed by atoms with Crippen LogP contribution in [-0.2, 0) is 16.1 Å². The molecule has 0 fully saturated rings. The third-order valence-electron chi connectivity index (χ3n) is 4.78. The predicted molar refractivity (Wildman–Crippen MR) is 119 cm³/mol. The molecule has 0 aliphatic rings. The lowest BCUT2D eigenvalue weighted by Crippen LogP contribution is -2.50. The molecule has 0 aromatic heterocycles. The number of nitrogens with zero attached hydrogens (tertiary/aromatic N) is 1. The summed E-state index contributed by atoms with van der Waals surface area (Å²) in [5.41, 5.74) is 2.76. The van der Waals surface area contributed by atoms with Crippen molar-refractivity contribution in [3.63, 3.8) is 0 Å². The minimum atomic E-state index is -0.639. The highest BCUT2D eigenvalue weighted by atomic mass is 79.9. The molecular formula is C23H28BrFN2O3. The van der Waals surface area contributed by atoms with E-state index in [0.717, 1.165) is 21.2 Å². The first-order chi connectivity index (χ1) is 14.3. The Bertz CT molecular complexity index is 864. The second-order valence-electron chi connectivity index (χ2n) is 7.13. The van der Waals surface area contributed by atoms with Gasteiger partial charge in [0.15, 0.2) is 6.61 Å². The molecule has 0 unspecified atom stereocenters. The van der Waals surface area contributed by atoms with E-state index in [2.05, 4.69) is 21.2 Å². The predicted octanol–water partition coefficient (Wildman–Crippen LogP) is 4.53. The third kappa shape index (κ3) is 6.29. The Balaban J connectivity index is 2.22. The number of halogens is 2. The number of amides is 2. The van der Waals surface area contributed by atoms with Gasteiger partial charge < -0.3 is 15.0 Å². The zero-order valence-electron chi connectivity index (χ0n) is 17.8. The van der Waals surface area contributed by atoms with Crippen LogP contribution >= 0.6 is 15.9 Å². The highest BCUT2D eigenvalue weighted by Gasteiger charge is 2.28. The molecule has 0 saturated heterocycles. The van der Waals surface area contributed by atoms with E-state index in [4.69, 9.17) is 4.74 Å². The zero-order valence-corrected chi connectivity index (χ0v) is 19.4. The highest BCUT2D eigenvalue weighted by Crippen LogP contribution is 2.26. The second-order valence-corrected chi connectivity index (χ2v) is 7.92. The van der Waals surface area contributed by atoms with Crippen LogP contribution in [0.4, 0.5) is 4.39 Å². The minimum absolute atomic E-state index is 0.191. The average Bonchev–Trinajstić information content (AvgIpc) is 2.71. The van der Waals surface area contributed by atoms with Gasteiger partial charge in [-0.3, -0.25) is 9.59 Å². The van der Waals surface area contributed by atoms with Crippen LogP contribution in [0.15, 0.2) is 40.9 Å². The van der Waals surface area contributed by atoms with Gasteiger partial charge in [0, 0.05) is 17.6 Å². The maximum atomic E-state index is 13.3. The van der Waals surface area contributed by atoms with Crippen molar-refractivity contribution in [1.82, 2.24) is 10.2 Å². The average molecular weight is 479 g/mol. The molecule has 0 aliphatic heterocycles. The largest absolute Gasteiger partial charge is 0.484 e. The first-order valence-corrected chi connectivity index (χ1v) is 10.8. The quantitative estimate of drug-likeness (QED) is 0.575. The Morgan fingerprint density at radius 3 is 2.27 bits per heavy atom. The molecule has 0 heterocycles. The van der Waals surface area contributed by atoms with Crippen molar-refractivity contribution in [1.29, 1.82) is 0 Å². The van der Waals surface area contributed by atoms with E-state index in [1.807, 2.05) is 39.8 Å². The van der Waals surface area contributed by atoms with Crippen molar-refractivity contribution in [2.45, 2.75) is 46.7 Å². The van der Waals surface area contributed by atoms with Crippen molar-refractivity contribution >= 4 is 27.7 Å². The van der Waals surface area contributed by atoms with Crippen LogP contribution in [0.25, 0.3) is 0 Å². The number of nitrogens with one attached hydrogen (secondary N) is 1. The standard InChI is InChI=1S/C23H28BrFN2O3/c1-5-20(23(29)26-6-2)27(13-17-7-9-18(25)10-8-17)21(28)14-30-19-11-15(3)22(24)16(4)12-19/h7-12,20H,5-6,13-14H2,1-4H3,(H,26,29)/t20-/m1/s1. The SMILES string of the molecule is CCNC(=O)[C@@H](CC)N(Cc1ccc(F)cc1)C(=O)COc1cc(C)c(Br)c(C)c1. The van der Waals surface area contributed by atoms with Gasteiger partial charge in [0.25, 0.3) is 5.91 Å². The first kappa shape index (κ1) is 23.9. The first-order valence-electron chi connectivity index (χ1n) is 9.97. The van der Waals surface area contributed by atoms with Gasteiger partial charge >= 0.3 is 0 Å². The molecule has 30 heavy (non-hydrogen) atoms. The van der Waals surface area contributed by atoms with Gasteiger partial charge in [-0.05, 0) is 68.1 Å². The number of benzene rings is 2. The number of aryl methyl sites for hydroxylation is 2. The van der Waals surface area contributed by atoms with Crippen molar-refractivity contribution < 1.29 is 18.7 Å². The minimum Gasteiger partial charge on any atom is -0.484 e. The third-order valence-corrected chi connectivity index (χ3v) is 6.03. The van der Waals surface area contributed by atoms with Crippen LogP contribution in [0.3, 0.4) is 0 Å². The van der Waals surface area contributed by atoms with E-state index in [0.29, 0.717) is 18.7 Å². The fourth-order valence-corrected chi connectivity index (χ4v) is 3.44. The molecule has 0 saturated carbocycles. The maximum Gasteiger partial charge on any atom is 0.261 e. The maximum absolute atomic E-state index is 13.3. The summed E-state index contributed by atoms with van der Waals surface area (Å²) in [7, 11) is 0. The summed E-state index contributed by atoms with van der Waals surface area (Å²) < 4.78 is 20.0. The van der Waals surface area contributed by atoms with Crippen molar-refractivity contribution in [3.05, 3.63) is 63.4 Å². The summed E-state index contributed by atoms with van der Waals surface area (Å²) in [6.07, 6.45) is 0.454. The Morgan fingerprint density at radius 2 is 1.73 bits per heavy atom. The molecular weight excluding hydrogens is 451 g/mol. The van der Waals surface area contributed by atoms with Gasteiger partial charge in [0.05, 0.1) is 0 Å². The van der Waals surface area contributed by atoms with Gasteiger partial charge in [-0.15, -0.1) is 0 Å². The number of hydrogen-bond acceptors (Lipinski definition) is 3. The molecule has 5 nitrogen and oxygen atoms in total. The lowest BCUT2D eigenvalue weighted by Gasteiger charge is -2.30. The van der Waals surface area contributed by atoms with Crippen molar-refractivity contribution in [3.8, 4) is 5.75 Å². The van der Waals surface area contributed by atoms with Crippen LogP contribution in [0.5, 0.6) is 5.75 Å². The molecule has 2 aromatic carbocycles. The van der Waals surface area contributed by atoms with E-state index in [1.165, 1.54) is 17.0 Å². The number of rotatable bonds is 9. The molecule has 2 rings (SSSR count). The molecule has 7 heteroatoms. The Morgan fingerprint density at radius 1 is 1.13 bits per heavy atom. The summed E-state index contributed by atoms with van der Waals surface area (Å²) in [6.45, 7) is 8.06. The molecule has 0 radical (unpaired) electrons. The molecule has 1 N–H and O–H groups in total. The molecule has 2 aromatic rings. The van der Waals surface area contributed by atoms with Crippen LogP contribution in [-0.4, -0.2) is 35.9 Å². The summed E-state index contributed by atoms with van der Waals surface area (Å²) in [4.78, 5) is 27.1. The van der Waals surface area contributed by atoms with Gasteiger partial charge in [-0.25, -0.2) is 4.39 Å². The van der Waals surface area contributed by atoms with Gasteiger partial charge in [0.2, 0.25) is 5.91 Å². The molecule has 2 amide bonds. The van der Waals surface area contributed by atoms with Crippen LogP contribution < -0.4 is 10.1 Å². The Kier molecular flexibility index (Phi) is 8.84. The van der Waals surface area contributed by atoms with Crippen LogP contribution in [0.2, 0.25) is 0 Å². The molecule has 0 aliphatic carbocycles. The highest BCUT2D eigenvalue weighted by molar-refractivity contribution is 9.10. The smallest absolute Gasteiger partial charge is 0.261 e. The second kappa shape index (κ2) is 11.1. The molecule has 1 atom stereocenters. The Labute approximate surface area is 185 Å². The molecule has 0 spiro atoms. The number of carbonyl (C=O) groups is 2. The van der Waals surface area contributed by atoms with E-state index in [9.17, 15) is 14.0 Å². The van der Waals surface area contributed by atoms with E-state index in [-0.39, 0.29) is 30.8 Å². The molecule has 162 valence electrons. The zero-order chi connectivity index (χ0) is 22.3. The van der Waals surface area contributed by atoms with Crippen molar-refractivity contribution in [2.24, 2.45) is 0 Å². The number of ether oxygens (including phenoxy) is 1. The van der Waals surface area contributed by atoms with Crippen molar-refractivity contribution in [2.75, 3.05) is 13.2 Å². The number of carbonyl (C=O) groups excluding carboxylic acids is 2. The number of hydrogen-bond donors (Lipinski definition) is 1. The normalized spacial score (nSPS) is 11.7. The lowest BCUT2D eigenvalue weighted by atomic mass is 10.1. The fourth-order valence-electron chi connectivity index (χ4n) is 3.22. The summed E-state index contributed by atoms with van der Waals surface area (Å²) in [6, 6.07) is 8.99. The summed E-state index contributed by atoms with van der Waals surface area (Å²) >= 11 is 3.52. The summed E-state index contributed by atoms with van der Waals surface area (Å²) in [5.74, 6) is -0.285. The van der Waals surface area contributed by atoms with Gasteiger partial charge in [0.1, 0.15) is 17.6 Å². The summed E-state index contributed by atoms with van der Waals surface area (Å²) in [5, 5.41) is 2.78. The van der Waals surface area contributed by atoms with Gasteiger partial charge in [-0.1, -0.05) is 35.0 Å². The van der Waals surface area contributed by atoms with Gasteiger partial charge in [-0.2, -0.15) is 0 Å². The van der Waals surface area contributed by atoms with Crippen LogP contribution in [0, 0.1) is 19.7 Å². The monoisotopic (exact) mass is 478 g/mol. The van der Waals surface area contributed by atoms with Crippen LogP contribution in [0.1, 0.15) is 37.0 Å². The lowest BCUT2D eigenvalue weighted by molar-refractivity contribution is -0.142. The topological polar surface area (TPSA) is 58.6 Å². The van der Waals surface area contributed by atoms with E-state index < -0.39 is 6.04 Å². The fraction of sp³-hybridized carbons (Fsp3) is 0.391. The van der Waals surface area contributed by atoms with E-state index in [1.54, 1.807) is 12.1 Å². The molecule has 0 bridgehead atoms.